The van der Waals surface area contributed by atoms with Gasteiger partial charge in [-0.2, -0.15) is 0 Å². The van der Waals surface area contributed by atoms with Crippen molar-refractivity contribution in [1.29, 1.82) is 0 Å². The first-order valence-corrected chi connectivity index (χ1v) is 6.87. The molecular weight excluding hydrogens is 242 g/mol. The number of hydrogen-bond acceptors (Lipinski definition) is 3. The van der Waals surface area contributed by atoms with Crippen molar-refractivity contribution in [3.63, 3.8) is 0 Å². The van der Waals surface area contributed by atoms with Gasteiger partial charge in [-0.25, -0.2) is 4.98 Å². The number of aromatic nitrogens is 2. The third-order valence-corrected chi connectivity index (χ3v) is 4.00. The minimum absolute atomic E-state index is 0.805. The topological polar surface area (TPSA) is 29.3 Å². The summed E-state index contributed by atoms with van der Waals surface area (Å²) >= 11 is 1.80. The van der Waals surface area contributed by atoms with E-state index in [2.05, 4.69) is 34.9 Å². The van der Waals surface area contributed by atoms with Crippen LogP contribution in [-0.2, 0) is 13.1 Å². The van der Waals surface area contributed by atoms with Crippen molar-refractivity contribution in [2.24, 2.45) is 0 Å². The van der Waals surface area contributed by atoms with E-state index in [1.54, 1.807) is 11.3 Å². The highest BCUT2D eigenvalue weighted by atomic mass is 32.1. The quantitative estimate of drug-likeness (QED) is 0.778. The van der Waals surface area contributed by atoms with Crippen LogP contribution in [0.15, 0.2) is 42.0 Å². The van der Waals surface area contributed by atoms with E-state index in [-0.39, 0.29) is 0 Å². The molecule has 0 amide bonds. The molecule has 0 fully saturated rings. The number of thiophene rings is 1. The van der Waals surface area contributed by atoms with Gasteiger partial charge in [-0.1, -0.05) is 6.07 Å². The fraction of sp³-hybridized carbons (Fsp3) is 0.214. The molecule has 0 aliphatic heterocycles. The Morgan fingerprint density at radius 1 is 1.28 bits per heavy atom. The van der Waals surface area contributed by atoms with Crippen molar-refractivity contribution < 1.29 is 0 Å². The third kappa shape index (κ3) is 2.30. The molecule has 1 N–H and O–H groups in total. The molecule has 0 aromatic carbocycles. The first-order chi connectivity index (χ1) is 8.83. The second kappa shape index (κ2) is 4.92. The second-order valence-electron chi connectivity index (χ2n) is 4.33. The molecule has 0 aliphatic rings. The van der Waals surface area contributed by atoms with Gasteiger partial charge in [0.2, 0.25) is 0 Å². The van der Waals surface area contributed by atoms with Gasteiger partial charge in [0.05, 0.1) is 5.69 Å². The zero-order valence-corrected chi connectivity index (χ0v) is 11.1. The number of rotatable bonds is 4. The zero-order valence-electron chi connectivity index (χ0n) is 10.3. The van der Waals surface area contributed by atoms with Crippen molar-refractivity contribution in [2.45, 2.75) is 20.0 Å². The summed E-state index contributed by atoms with van der Waals surface area (Å²) in [5.41, 5.74) is 3.44. The van der Waals surface area contributed by atoms with Gasteiger partial charge in [0.25, 0.3) is 0 Å². The molecule has 4 heteroatoms. The molecule has 3 heterocycles. The SMILES string of the molecule is Cc1ccsc1CNCc1cn2ccccc2n1. The van der Waals surface area contributed by atoms with Crippen LogP contribution in [0.4, 0.5) is 0 Å². The Morgan fingerprint density at radius 3 is 3.00 bits per heavy atom. The zero-order chi connectivity index (χ0) is 12.4. The van der Waals surface area contributed by atoms with Crippen molar-refractivity contribution >= 4 is 17.0 Å². The lowest BCUT2D eigenvalue weighted by Gasteiger charge is -2.01. The number of pyridine rings is 1. The summed E-state index contributed by atoms with van der Waals surface area (Å²) in [4.78, 5) is 5.96. The van der Waals surface area contributed by atoms with Gasteiger partial charge in [0.15, 0.2) is 0 Å². The molecule has 3 aromatic rings. The fourth-order valence-corrected chi connectivity index (χ4v) is 2.84. The summed E-state index contributed by atoms with van der Waals surface area (Å²) in [5, 5.41) is 5.58. The fourth-order valence-electron chi connectivity index (χ4n) is 1.96. The van der Waals surface area contributed by atoms with Crippen LogP contribution < -0.4 is 5.32 Å². The van der Waals surface area contributed by atoms with Crippen LogP contribution in [0.3, 0.4) is 0 Å². The predicted octanol–water partition coefficient (Wildman–Crippen LogP) is 2.99. The molecule has 0 radical (unpaired) electrons. The highest BCUT2D eigenvalue weighted by Crippen LogP contribution is 2.15. The number of aryl methyl sites for hydroxylation is 1. The Bertz CT molecular complexity index is 621. The molecule has 0 saturated carbocycles. The molecule has 0 atom stereocenters. The number of nitrogens with zero attached hydrogens (tertiary/aromatic N) is 2. The van der Waals surface area contributed by atoms with Crippen molar-refractivity contribution in [2.75, 3.05) is 0 Å². The van der Waals surface area contributed by atoms with E-state index in [4.69, 9.17) is 0 Å². The lowest BCUT2D eigenvalue weighted by molar-refractivity contribution is 0.688. The molecule has 92 valence electrons. The Balaban J connectivity index is 1.65. The first kappa shape index (κ1) is 11.4. The number of imidazole rings is 1. The van der Waals surface area contributed by atoms with E-state index >= 15 is 0 Å². The van der Waals surface area contributed by atoms with Crippen LogP contribution in [-0.4, -0.2) is 9.38 Å². The molecule has 3 nitrogen and oxygen atoms in total. The molecule has 0 bridgehead atoms. The van der Waals surface area contributed by atoms with Crippen LogP contribution >= 0.6 is 11.3 Å². The van der Waals surface area contributed by atoms with Gasteiger partial charge in [0.1, 0.15) is 5.65 Å². The van der Waals surface area contributed by atoms with E-state index in [0.717, 1.165) is 24.4 Å². The van der Waals surface area contributed by atoms with Gasteiger partial charge < -0.3 is 9.72 Å². The van der Waals surface area contributed by atoms with Gasteiger partial charge in [-0.3, -0.25) is 0 Å². The highest BCUT2D eigenvalue weighted by Gasteiger charge is 2.02. The van der Waals surface area contributed by atoms with Crippen LogP contribution in [0.25, 0.3) is 5.65 Å². The van der Waals surface area contributed by atoms with E-state index in [1.807, 2.05) is 28.8 Å². The largest absolute Gasteiger partial charge is 0.307 e. The summed E-state index contributed by atoms with van der Waals surface area (Å²) in [6.45, 7) is 3.87. The van der Waals surface area contributed by atoms with Crippen LogP contribution in [0.1, 0.15) is 16.1 Å². The maximum absolute atomic E-state index is 4.56. The smallest absolute Gasteiger partial charge is 0.137 e. The number of hydrogen-bond donors (Lipinski definition) is 1. The Hall–Kier alpha value is -1.65. The Morgan fingerprint density at radius 2 is 2.22 bits per heavy atom. The molecule has 0 aliphatic carbocycles. The Labute approximate surface area is 110 Å². The normalized spacial score (nSPS) is 11.2. The molecular formula is C14H15N3S. The maximum atomic E-state index is 4.56. The summed E-state index contributed by atoms with van der Waals surface area (Å²) in [6, 6.07) is 8.20. The lowest BCUT2D eigenvalue weighted by Crippen LogP contribution is -2.12. The van der Waals surface area contributed by atoms with Crippen LogP contribution in [0.5, 0.6) is 0 Å². The van der Waals surface area contributed by atoms with Gasteiger partial charge in [-0.15, -0.1) is 11.3 Å². The van der Waals surface area contributed by atoms with Crippen LogP contribution in [0.2, 0.25) is 0 Å². The molecule has 0 spiro atoms. The maximum Gasteiger partial charge on any atom is 0.137 e. The lowest BCUT2D eigenvalue weighted by atomic mass is 10.3. The van der Waals surface area contributed by atoms with E-state index in [1.165, 1.54) is 10.4 Å². The van der Waals surface area contributed by atoms with E-state index in [0.29, 0.717) is 0 Å². The van der Waals surface area contributed by atoms with Crippen molar-refractivity contribution in [1.82, 2.24) is 14.7 Å². The van der Waals surface area contributed by atoms with Crippen LogP contribution in [0, 0.1) is 6.92 Å². The minimum Gasteiger partial charge on any atom is -0.307 e. The predicted molar refractivity (Wildman–Crippen MR) is 74.8 cm³/mol. The van der Waals surface area contributed by atoms with Crippen molar-refractivity contribution in [3.05, 3.63) is 58.2 Å². The molecule has 0 saturated heterocycles. The average molecular weight is 257 g/mol. The summed E-state index contributed by atoms with van der Waals surface area (Å²) in [5.74, 6) is 0. The summed E-state index contributed by atoms with van der Waals surface area (Å²) in [6.07, 6.45) is 4.10. The van der Waals surface area contributed by atoms with Gasteiger partial charge >= 0.3 is 0 Å². The number of fused-ring (bicyclic) bond motifs is 1. The number of nitrogens with one attached hydrogen (secondary N) is 1. The average Bonchev–Trinajstić information content (AvgIpc) is 2.96. The monoisotopic (exact) mass is 257 g/mol. The third-order valence-electron chi connectivity index (χ3n) is 2.97. The molecule has 3 aromatic heterocycles. The van der Waals surface area contributed by atoms with Gasteiger partial charge in [-0.05, 0) is 36.1 Å². The van der Waals surface area contributed by atoms with E-state index in [9.17, 15) is 0 Å². The van der Waals surface area contributed by atoms with E-state index < -0.39 is 0 Å². The molecule has 3 rings (SSSR count). The first-order valence-electron chi connectivity index (χ1n) is 5.99. The van der Waals surface area contributed by atoms with Crippen molar-refractivity contribution in [3.8, 4) is 0 Å². The minimum atomic E-state index is 0.805. The second-order valence-corrected chi connectivity index (χ2v) is 5.33. The highest BCUT2D eigenvalue weighted by molar-refractivity contribution is 7.10. The Kier molecular flexibility index (Phi) is 3.13. The summed E-state index contributed by atoms with van der Waals surface area (Å²) < 4.78 is 2.05. The summed E-state index contributed by atoms with van der Waals surface area (Å²) in [7, 11) is 0. The van der Waals surface area contributed by atoms with Gasteiger partial charge in [0, 0.05) is 30.4 Å². The standard InChI is InChI=1S/C14H15N3S/c1-11-5-7-18-13(11)9-15-8-12-10-17-6-3-2-4-14(17)16-12/h2-7,10,15H,8-9H2,1H3. The molecule has 18 heavy (non-hydrogen) atoms. The molecule has 0 unspecified atom stereocenters.